The maximum absolute atomic E-state index is 11.4. The Hall–Kier alpha value is -0.100. The zero-order valence-corrected chi connectivity index (χ0v) is 11.3. The molecule has 1 rings (SSSR count). The van der Waals surface area contributed by atoms with Crippen LogP contribution in [-0.2, 0) is 16.6 Å². The Kier molecular flexibility index (Phi) is 4.58. The summed E-state index contributed by atoms with van der Waals surface area (Å²) in [5, 5.41) is -0.391. The molecular formula is C9H11BrClNO2S. The molecule has 1 aromatic carbocycles. The first-order valence-corrected chi connectivity index (χ1v) is 7.14. The predicted octanol–water partition coefficient (Wildman–Crippen LogP) is 2.41. The number of benzene rings is 1. The average molecular weight is 313 g/mol. The quantitative estimate of drug-likeness (QED) is 0.801. The summed E-state index contributed by atoms with van der Waals surface area (Å²) in [4.78, 5) is 0. The second-order valence-corrected chi connectivity index (χ2v) is 6.68. The van der Waals surface area contributed by atoms with Crippen molar-refractivity contribution in [1.29, 1.82) is 0 Å². The van der Waals surface area contributed by atoms with E-state index in [1.807, 2.05) is 24.3 Å². The first-order valence-electron chi connectivity index (χ1n) is 4.20. The van der Waals surface area contributed by atoms with Crippen LogP contribution in [0.2, 0.25) is 0 Å². The van der Waals surface area contributed by atoms with Crippen molar-refractivity contribution in [3.8, 4) is 0 Å². The minimum Gasteiger partial charge on any atom is -0.211 e. The van der Waals surface area contributed by atoms with Crippen molar-refractivity contribution in [1.82, 2.24) is 4.31 Å². The van der Waals surface area contributed by atoms with Gasteiger partial charge in [0, 0.05) is 18.1 Å². The van der Waals surface area contributed by atoms with Crippen LogP contribution in [0.5, 0.6) is 0 Å². The summed E-state index contributed by atoms with van der Waals surface area (Å²) in [6.45, 7) is 0.328. The van der Waals surface area contributed by atoms with Crippen LogP contribution in [-0.4, -0.2) is 25.0 Å². The highest BCUT2D eigenvalue weighted by atomic mass is 79.9. The van der Waals surface area contributed by atoms with E-state index in [2.05, 4.69) is 15.9 Å². The maximum Gasteiger partial charge on any atom is 0.228 e. The molecule has 0 N–H and O–H groups in total. The van der Waals surface area contributed by atoms with E-state index in [-0.39, 0.29) is 0 Å². The van der Waals surface area contributed by atoms with Crippen molar-refractivity contribution in [2.75, 3.05) is 12.3 Å². The number of nitrogens with zero attached hydrogens (tertiary/aromatic N) is 1. The number of rotatable bonds is 4. The minimum absolute atomic E-state index is 0.328. The minimum atomic E-state index is -3.33. The summed E-state index contributed by atoms with van der Waals surface area (Å²) in [6, 6.07) is 7.49. The average Bonchev–Trinajstić information content (AvgIpc) is 2.17. The van der Waals surface area contributed by atoms with Gasteiger partial charge in [0.05, 0.1) is 0 Å². The molecule has 0 unspecified atom stereocenters. The summed E-state index contributed by atoms with van der Waals surface area (Å²) in [5.41, 5.74) is 0.917. The van der Waals surface area contributed by atoms with Gasteiger partial charge in [-0.2, -0.15) is 4.31 Å². The molecule has 0 fully saturated rings. The fraction of sp³-hybridized carbons (Fsp3) is 0.333. The molecule has 0 radical (unpaired) electrons. The maximum atomic E-state index is 11.4. The number of halogens is 2. The van der Waals surface area contributed by atoms with E-state index < -0.39 is 15.2 Å². The fourth-order valence-corrected chi connectivity index (χ4v) is 2.53. The Morgan fingerprint density at radius 1 is 1.47 bits per heavy atom. The zero-order valence-electron chi connectivity index (χ0n) is 8.15. The van der Waals surface area contributed by atoms with E-state index in [0.717, 1.165) is 10.0 Å². The van der Waals surface area contributed by atoms with Crippen molar-refractivity contribution >= 4 is 37.6 Å². The lowest BCUT2D eigenvalue weighted by Gasteiger charge is -2.15. The summed E-state index contributed by atoms with van der Waals surface area (Å²) < 4.78 is 24.9. The molecule has 0 saturated heterocycles. The van der Waals surface area contributed by atoms with Crippen molar-refractivity contribution in [3.63, 3.8) is 0 Å². The van der Waals surface area contributed by atoms with E-state index in [4.69, 9.17) is 11.6 Å². The van der Waals surface area contributed by atoms with E-state index in [9.17, 15) is 8.42 Å². The van der Waals surface area contributed by atoms with Crippen molar-refractivity contribution in [2.24, 2.45) is 0 Å². The number of hydrogen-bond acceptors (Lipinski definition) is 2. The molecule has 3 nitrogen and oxygen atoms in total. The lowest BCUT2D eigenvalue weighted by Crippen LogP contribution is -2.27. The molecule has 0 aromatic heterocycles. The third kappa shape index (κ3) is 3.75. The van der Waals surface area contributed by atoms with E-state index in [1.54, 1.807) is 0 Å². The summed E-state index contributed by atoms with van der Waals surface area (Å²) in [5.74, 6) is 0. The fourth-order valence-electron chi connectivity index (χ4n) is 1.07. The van der Waals surface area contributed by atoms with Crippen LogP contribution >= 0.6 is 27.5 Å². The van der Waals surface area contributed by atoms with Crippen LogP contribution in [0, 0.1) is 0 Å². The first-order chi connectivity index (χ1) is 6.95. The molecule has 0 amide bonds. The van der Waals surface area contributed by atoms with E-state index in [0.29, 0.717) is 6.54 Å². The van der Waals surface area contributed by atoms with Crippen LogP contribution in [0.4, 0.5) is 0 Å². The number of sulfonamides is 1. The zero-order chi connectivity index (χ0) is 11.5. The molecule has 84 valence electrons. The Balaban J connectivity index is 2.79. The number of hydrogen-bond donors (Lipinski definition) is 0. The second-order valence-electron chi connectivity index (χ2n) is 3.11. The first kappa shape index (κ1) is 13.0. The molecule has 15 heavy (non-hydrogen) atoms. The molecule has 0 heterocycles. The van der Waals surface area contributed by atoms with Crippen molar-refractivity contribution in [3.05, 3.63) is 34.3 Å². The van der Waals surface area contributed by atoms with Gasteiger partial charge in [0.2, 0.25) is 10.0 Å². The number of alkyl halides is 1. The Bertz CT molecular complexity index is 435. The summed E-state index contributed by atoms with van der Waals surface area (Å²) in [7, 11) is -1.81. The summed E-state index contributed by atoms with van der Waals surface area (Å²) >= 11 is 8.67. The standard InChI is InChI=1S/C9H11BrClNO2S/c1-12(15(13,14)7-11)6-8-3-2-4-9(10)5-8/h2-5H,6-7H2,1H3. The largest absolute Gasteiger partial charge is 0.228 e. The Morgan fingerprint density at radius 3 is 2.67 bits per heavy atom. The topological polar surface area (TPSA) is 37.4 Å². The predicted molar refractivity (Wildman–Crippen MR) is 65.2 cm³/mol. The van der Waals surface area contributed by atoms with Crippen LogP contribution in [0.1, 0.15) is 5.56 Å². The highest BCUT2D eigenvalue weighted by molar-refractivity contribution is 9.10. The molecule has 0 bridgehead atoms. The highest BCUT2D eigenvalue weighted by Gasteiger charge is 2.16. The van der Waals surface area contributed by atoms with Gasteiger partial charge in [-0.05, 0) is 17.7 Å². The Morgan fingerprint density at radius 2 is 2.13 bits per heavy atom. The smallest absolute Gasteiger partial charge is 0.211 e. The van der Waals surface area contributed by atoms with Gasteiger partial charge in [-0.1, -0.05) is 28.1 Å². The molecule has 6 heteroatoms. The van der Waals surface area contributed by atoms with E-state index >= 15 is 0 Å². The molecule has 0 aliphatic heterocycles. The van der Waals surface area contributed by atoms with Gasteiger partial charge in [-0.3, -0.25) is 0 Å². The third-order valence-electron chi connectivity index (χ3n) is 1.91. The second kappa shape index (κ2) is 5.30. The molecule has 0 spiro atoms. The van der Waals surface area contributed by atoms with Gasteiger partial charge < -0.3 is 0 Å². The van der Waals surface area contributed by atoms with Gasteiger partial charge in [-0.15, -0.1) is 11.6 Å². The molecule has 0 atom stereocenters. The van der Waals surface area contributed by atoms with Crippen molar-refractivity contribution < 1.29 is 8.42 Å². The van der Waals surface area contributed by atoms with Gasteiger partial charge in [0.15, 0.2) is 0 Å². The SMILES string of the molecule is CN(Cc1cccc(Br)c1)S(=O)(=O)CCl. The van der Waals surface area contributed by atoms with Gasteiger partial charge >= 0.3 is 0 Å². The van der Waals surface area contributed by atoms with Gasteiger partial charge in [0.1, 0.15) is 5.21 Å². The highest BCUT2D eigenvalue weighted by Crippen LogP contribution is 2.14. The Labute approximate surface area is 103 Å². The van der Waals surface area contributed by atoms with Crippen LogP contribution < -0.4 is 0 Å². The third-order valence-corrected chi connectivity index (χ3v) is 4.58. The molecule has 0 aliphatic rings. The molecule has 0 saturated carbocycles. The normalized spacial score (nSPS) is 12.0. The summed E-state index contributed by atoms with van der Waals surface area (Å²) in [6.07, 6.45) is 0. The van der Waals surface area contributed by atoms with Gasteiger partial charge in [0.25, 0.3) is 0 Å². The van der Waals surface area contributed by atoms with Crippen LogP contribution in [0.15, 0.2) is 28.7 Å². The molecular weight excluding hydrogens is 302 g/mol. The lowest BCUT2D eigenvalue weighted by molar-refractivity contribution is 0.471. The van der Waals surface area contributed by atoms with Gasteiger partial charge in [-0.25, -0.2) is 8.42 Å². The monoisotopic (exact) mass is 311 g/mol. The van der Waals surface area contributed by atoms with E-state index in [1.165, 1.54) is 11.4 Å². The molecule has 1 aromatic rings. The molecule has 0 aliphatic carbocycles. The van der Waals surface area contributed by atoms with Crippen LogP contribution in [0.3, 0.4) is 0 Å². The van der Waals surface area contributed by atoms with Crippen LogP contribution in [0.25, 0.3) is 0 Å². The van der Waals surface area contributed by atoms with Crippen molar-refractivity contribution in [2.45, 2.75) is 6.54 Å². The lowest BCUT2D eigenvalue weighted by atomic mass is 10.2.